The Hall–Kier alpha value is -1.93. The van der Waals surface area contributed by atoms with Gasteiger partial charge >= 0.3 is 0 Å². The molecule has 1 unspecified atom stereocenters. The zero-order valence-electron chi connectivity index (χ0n) is 9.54. The van der Waals surface area contributed by atoms with Gasteiger partial charge in [0.05, 0.1) is 10.9 Å². The van der Waals surface area contributed by atoms with Crippen molar-refractivity contribution in [3.05, 3.63) is 46.9 Å². The number of aromatic nitrogens is 3. The number of nitrogens with one attached hydrogen (secondary N) is 3. The number of hydrogen-bond acceptors (Lipinski definition) is 4. The quantitative estimate of drug-likeness (QED) is 0.732. The summed E-state index contributed by atoms with van der Waals surface area (Å²) in [5.74, 6) is 0.517. The molecule has 0 aromatic carbocycles. The van der Waals surface area contributed by atoms with E-state index < -0.39 is 16.1 Å². The van der Waals surface area contributed by atoms with Crippen molar-refractivity contribution in [3.63, 3.8) is 0 Å². The second-order valence-corrected chi connectivity index (χ2v) is 5.42. The third-order valence-corrected chi connectivity index (χ3v) is 3.87. The Morgan fingerprint density at radius 3 is 2.67 bits per heavy atom. The van der Waals surface area contributed by atoms with Crippen molar-refractivity contribution in [3.8, 4) is 0 Å². The van der Waals surface area contributed by atoms with Gasteiger partial charge in [-0.2, -0.15) is 0 Å². The minimum atomic E-state index is -3.68. The lowest BCUT2D eigenvalue weighted by Gasteiger charge is -2.11. The number of aromatic amines is 2. The van der Waals surface area contributed by atoms with Crippen LogP contribution in [-0.2, 0) is 10.0 Å². The van der Waals surface area contributed by atoms with Crippen LogP contribution in [0.5, 0.6) is 0 Å². The average Bonchev–Trinajstić information content (AvgIpc) is 2.82. The average molecular weight is 268 g/mol. The zero-order chi connectivity index (χ0) is 13.2. The monoisotopic (exact) mass is 268 g/mol. The van der Waals surface area contributed by atoms with Crippen LogP contribution < -0.4 is 10.3 Å². The van der Waals surface area contributed by atoms with Gasteiger partial charge in [-0.1, -0.05) is 0 Å². The molecule has 2 aromatic rings. The van der Waals surface area contributed by atoms with Gasteiger partial charge in [0.1, 0.15) is 5.82 Å². The SMILES string of the molecule is CC(NS(=O)(=O)c1ccc(=O)[nH]c1)c1ncc[nH]1. The predicted octanol–water partition coefficient (Wildman–Crippen LogP) is 0.137. The number of sulfonamides is 1. The van der Waals surface area contributed by atoms with Gasteiger partial charge in [0.2, 0.25) is 15.6 Å². The maximum absolute atomic E-state index is 12.0. The normalized spacial score (nSPS) is 13.4. The molecule has 0 fully saturated rings. The summed E-state index contributed by atoms with van der Waals surface area (Å²) in [6.07, 6.45) is 4.31. The molecule has 0 aliphatic rings. The van der Waals surface area contributed by atoms with E-state index in [1.807, 2.05) is 0 Å². The lowest BCUT2D eigenvalue weighted by Crippen LogP contribution is -2.28. The number of imidazole rings is 1. The van der Waals surface area contributed by atoms with Crippen LogP contribution in [0.2, 0.25) is 0 Å². The van der Waals surface area contributed by atoms with Crippen LogP contribution in [0.1, 0.15) is 18.8 Å². The van der Waals surface area contributed by atoms with Crippen molar-refractivity contribution in [1.29, 1.82) is 0 Å². The third-order valence-electron chi connectivity index (χ3n) is 2.33. The van der Waals surface area contributed by atoms with Gasteiger partial charge in [-0.25, -0.2) is 18.1 Å². The van der Waals surface area contributed by atoms with E-state index in [4.69, 9.17) is 0 Å². The lowest BCUT2D eigenvalue weighted by molar-refractivity contribution is 0.560. The van der Waals surface area contributed by atoms with E-state index >= 15 is 0 Å². The van der Waals surface area contributed by atoms with Crippen LogP contribution in [0, 0.1) is 0 Å². The van der Waals surface area contributed by atoms with Gasteiger partial charge in [0.15, 0.2) is 0 Å². The molecule has 0 amide bonds. The molecule has 2 rings (SSSR count). The van der Waals surface area contributed by atoms with Crippen LogP contribution in [-0.4, -0.2) is 23.4 Å². The smallest absolute Gasteiger partial charge is 0.247 e. The van der Waals surface area contributed by atoms with E-state index in [1.165, 1.54) is 6.07 Å². The minimum absolute atomic E-state index is 0.000469. The molecule has 7 nitrogen and oxygen atoms in total. The van der Waals surface area contributed by atoms with Crippen molar-refractivity contribution in [2.24, 2.45) is 0 Å². The fourth-order valence-electron chi connectivity index (χ4n) is 1.43. The molecule has 0 spiro atoms. The molecular formula is C10H12N4O3S. The molecule has 18 heavy (non-hydrogen) atoms. The maximum Gasteiger partial charge on any atom is 0.247 e. The fraction of sp³-hybridized carbons (Fsp3) is 0.200. The van der Waals surface area contributed by atoms with Gasteiger partial charge in [-0.3, -0.25) is 4.79 Å². The predicted molar refractivity (Wildman–Crippen MR) is 64.4 cm³/mol. The van der Waals surface area contributed by atoms with E-state index in [9.17, 15) is 13.2 Å². The summed E-state index contributed by atoms with van der Waals surface area (Å²) < 4.78 is 26.4. The Morgan fingerprint density at radius 2 is 2.11 bits per heavy atom. The molecular weight excluding hydrogens is 256 g/mol. The molecule has 0 bridgehead atoms. The molecule has 0 saturated heterocycles. The number of rotatable bonds is 4. The number of H-pyrrole nitrogens is 2. The second kappa shape index (κ2) is 4.75. The molecule has 2 heterocycles. The van der Waals surface area contributed by atoms with E-state index in [-0.39, 0.29) is 10.5 Å². The molecule has 8 heteroatoms. The third kappa shape index (κ3) is 2.66. The molecule has 1 atom stereocenters. The highest BCUT2D eigenvalue weighted by Gasteiger charge is 2.19. The largest absolute Gasteiger partial charge is 0.347 e. The summed E-state index contributed by atoms with van der Waals surface area (Å²) in [5, 5.41) is 0. The van der Waals surface area contributed by atoms with Crippen LogP contribution in [0.3, 0.4) is 0 Å². The van der Waals surface area contributed by atoms with Crippen molar-refractivity contribution >= 4 is 10.0 Å². The molecule has 3 N–H and O–H groups in total. The van der Waals surface area contributed by atoms with E-state index in [2.05, 4.69) is 19.7 Å². The molecule has 96 valence electrons. The first-order chi connectivity index (χ1) is 8.49. The molecule has 0 saturated carbocycles. The number of hydrogen-bond donors (Lipinski definition) is 3. The Balaban J connectivity index is 2.22. The topological polar surface area (TPSA) is 108 Å². The van der Waals surface area contributed by atoms with Crippen molar-refractivity contribution < 1.29 is 8.42 Å². The molecule has 2 aromatic heterocycles. The highest BCUT2D eigenvalue weighted by molar-refractivity contribution is 7.89. The van der Waals surface area contributed by atoms with Gasteiger partial charge < -0.3 is 9.97 Å². The highest BCUT2D eigenvalue weighted by Crippen LogP contribution is 2.12. The molecule has 0 aliphatic heterocycles. The summed E-state index contributed by atoms with van der Waals surface area (Å²) in [6.45, 7) is 1.67. The minimum Gasteiger partial charge on any atom is -0.347 e. The standard InChI is InChI=1S/C10H12N4O3S/c1-7(10-11-4-5-12-10)14-18(16,17)8-2-3-9(15)13-6-8/h2-7,14H,1H3,(H,11,12)(H,13,15). The number of nitrogens with zero attached hydrogens (tertiary/aromatic N) is 1. The van der Waals surface area contributed by atoms with E-state index in [0.29, 0.717) is 5.82 Å². The summed E-state index contributed by atoms with van der Waals surface area (Å²) in [5.41, 5.74) is -0.354. The summed E-state index contributed by atoms with van der Waals surface area (Å²) in [7, 11) is -3.68. The molecule has 0 radical (unpaired) electrons. The van der Waals surface area contributed by atoms with Gasteiger partial charge in [0.25, 0.3) is 0 Å². The highest BCUT2D eigenvalue weighted by atomic mass is 32.2. The van der Waals surface area contributed by atoms with Gasteiger partial charge in [-0.15, -0.1) is 0 Å². The molecule has 0 aliphatic carbocycles. The Labute approximate surface area is 103 Å². The van der Waals surface area contributed by atoms with Crippen molar-refractivity contribution in [1.82, 2.24) is 19.7 Å². The maximum atomic E-state index is 12.0. The van der Waals surface area contributed by atoms with Crippen LogP contribution >= 0.6 is 0 Å². The van der Waals surface area contributed by atoms with Crippen molar-refractivity contribution in [2.75, 3.05) is 0 Å². The fourth-order valence-corrected chi connectivity index (χ4v) is 2.61. The van der Waals surface area contributed by atoms with Crippen LogP contribution in [0.25, 0.3) is 0 Å². The summed E-state index contributed by atoms with van der Waals surface area (Å²) >= 11 is 0. The van der Waals surface area contributed by atoms with Crippen molar-refractivity contribution in [2.45, 2.75) is 17.9 Å². The second-order valence-electron chi connectivity index (χ2n) is 3.71. The Morgan fingerprint density at radius 1 is 1.33 bits per heavy atom. The Bertz CT molecular complexity index is 655. The van der Waals surface area contributed by atoms with Crippen LogP contribution in [0.15, 0.2) is 40.4 Å². The zero-order valence-corrected chi connectivity index (χ0v) is 10.4. The Kier molecular flexibility index (Phi) is 3.30. The summed E-state index contributed by atoms with van der Waals surface area (Å²) in [6, 6.07) is 1.92. The first-order valence-corrected chi connectivity index (χ1v) is 6.68. The van der Waals surface area contributed by atoms with Gasteiger partial charge in [0, 0.05) is 24.7 Å². The summed E-state index contributed by atoms with van der Waals surface area (Å²) in [4.78, 5) is 20.0. The van der Waals surface area contributed by atoms with E-state index in [0.717, 1.165) is 12.3 Å². The first-order valence-electron chi connectivity index (χ1n) is 5.19. The van der Waals surface area contributed by atoms with Gasteiger partial charge in [-0.05, 0) is 13.0 Å². The first kappa shape index (κ1) is 12.5. The van der Waals surface area contributed by atoms with Crippen LogP contribution in [0.4, 0.5) is 0 Å². The van der Waals surface area contributed by atoms with E-state index in [1.54, 1.807) is 19.3 Å². The number of pyridine rings is 1. The lowest BCUT2D eigenvalue weighted by atomic mass is 10.3.